The molecule has 1 aliphatic carbocycles. The molecule has 106 valence electrons. The summed E-state index contributed by atoms with van der Waals surface area (Å²) in [6, 6.07) is 0.705. The maximum atomic E-state index is 3.77. The van der Waals surface area contributed by atoms with E-state index in [4.69, 9.17) is 0 Å². The molecule has 2 atom stereocenters. The number of hydrogen-bond donors (Lipinski definition) is 1. The molecule has 1 aliphatic heterocycles. The molecule has 0 radical (unpaired) electrons. The van der Waals surface area contributed by atoms with Crippen molar-refractivity contribution in [3.8, 4) is 0 Å². The van der Waals surface area contributed by atoms with Crippen molar-refractivity contribution >= 4 is 0 Å². The first-order valence-electron chi connectivity index (χ1n) is 7.83. The van der Waals surface area contributed by atoms with Gasteiger partial charge in [0.15, 0.2) is 0 Å². The van der Waals surface area contributed by atoms with Crippen LogP contribution in [0.1, 0.15) is 60.3 Å². The maximum absolute atomic E-state index is 3.77. The van der Waals surface area contributed by atoms with Gasteiger partial charge in [0, 0.05) is 24.7 Å². The Kier molecular flexibility index (Phi) is 4.08. The predicted molar refractivity (Wildman–Crippen MR) is 78.9 cm³/mol. The van der Waals surface area contributed by atoms with E-state index < -0.39 is 0 Å². The van der Waals surface area contributed by atoms with E-state index in [0.29, 0.717) is 17.0 Å². The van der Waals surface area contributed by atoms with Crippen molar-refractivity contribution in [3.63, 3.8) is 0 Å². The lowest BCUT2D eigenvalue weighted by Crippen LogP contribution is -2.64. The standard InChI is InChI=1S/C16H32N2/c1-6-14-11-18(10-9-15(2,3)4)16(5,12-17-14)13-7-8-13/h13-14,17H,6-12H2,1-5H3. The summed E-state index contributed by atoms with van der Waals surface area (Å²) in [5, 5.41) is 3.77. The normalized spacial score (nSPS) is 34.8. The van der Waals surface area contributed by atoms with Crippen molar-refractivity contribution in [3.05, 3.63) is 0 Å². The van der Waals surface area contributed by atoms with Gasteiger partial charge in [-0.05, 0) is 50.5 Å². The minimum atomic E-state index is 0.428. The summed E-state index contributed by atoms with van der Waals surface area (Å²) in [6.45, 7) is 15.6. The second kappa shape index (κ2) is 5.13. The first-order chi connectivity index (χ1) is 8.35. The largest absolute Gasteiger partial charge is 0.311 e. The fraction of sp³-hybridized carbons (Fsp3) is 1.00. The first kappa shape index (κ1) is 14.3. The zero-order valence-corrected chi connectivity index (χ0v) is 13.1. The molecule has 2 unspecified atom stereocenters. The molecule has 2 rings (SSSR count). The molecular formula is C16H32N2. The van der Waals surface area contributed by atoms with Crippen LogP contribution in [-0.4, -0.2) is 36.1 Å². The lowest BCUT2D eigenvalue weighted by molar-refractivity contribution is 0.0260. The number of nitrogens with zero attached hydrogens (tertiary/aromatic N) is 1. The summed E-state index contributed by atoms with van der Waals surface area (Å²) in [7, 11) is 0. The van der Waals surface area contributed by atoms with Gasteiger partial charge in [0.2, 0.25) is 0 Å². The number of hydrogen-bond acceptors (Lipinski definition) is 2. The molecule has 1 saturated carbocycles. The van der Waals surface area contributed by atoms with Crippen LogP contribution in [0.15, 0.2) is 0 Å². The van der Waals surface area contributed by atoms with Crippen LogP contribution < -0.4 is 5.32 Å². The minimum Gasteiger partial charge on any atom is -0.311 e. The van der Waals surface area contributed by atoms with Crippen molar-refractivity contribution in [2.24, 2.45) is 11.3 Å². The molecule has 1 N–H and O–H groups in total. The van der Waals surface area contributed by atoms with E-state index >= 15 is 0 Å². The Morgan fingerprint density at radius 2 is 1.94 bits per heavy atom. The van der Waals surface area contributed by atoms with Crippen LogP contribution in [0.3, 0.4) is 0 Å². The van der Waals surface area contributed by atoms with Gasteiger partial charge >= 0.3 is 0 Å². The number of rotatable bonds is 4. The molecule has 1 saturated heterocycles. The summed E-state index contributed by atoms with van der Waals surface area (Å²) < 4.78 is 0. The van der Waals surface area contributed by atoms with Crippen LogP contribution in [0.25, 0.3) is 0 Å². The van der Waals surface area contributed by atoms with Gasteiger partial charge < -0.3 is 5.32 Å². The fourth-order valence-corrected chi connectivity index (χ4v) is 3.20. The maximum Gasteiger partial charge on any atom is 0.0334 e. The Morgan fingerprint density at radius 3 is 2.44 bits per heavy atom. The smallest absolute Gasteiger partial charge is 0.0334 e. The molecule has 18 heavy (non-hydrogen) atoms. The second-order valence-electron chi connectivity index (χ2n) is 7.87. The molecule has 1 heterocycles. The van der Waals surface area contributed by atoms with Gasteiger partial charge in [0.05, 0.1) is 0 Å². The zero-order valence-electron chi connectivity index (χ0n) is 13.1. The fourth-order valence-electron chi connectivity index (χ4n) is 3.20. The topological polar surface area (TPSA) is 15.3 Å². The number of piperazine rings is 1. The summed E-state index contributed by atoms with van der Waals surface area (Å²) in [5.74, 6) is 0.947. The molecule has 0 aromatic heterocycles. The third kappa shape index (κ3) is 3.27. The summed E-state index contributed by atoms with van der Waals surface area (Å²) >= 11 is 0. The molecule has 2 fully saturated rings. The van der Waals surface area contributed by atoms with Gasteiger partial charge in [-0.1, -0.05) is 27.7 Å². The Labute approximate surface area is 114 Å². The summed E-state index contributed by atoms with van der Waals surface area (Å²) in [4.78, 5) is 2.81. The van der Waals surface area contributed by atoms with Gasteiger partial charge in [0.1, 0.15) is 0 Å². The van der Waals surface area contributed by atoms with Crippen LogP contribution >= 0.6 is 0 Å². The van der Waals surface area contributed by atoms with Gasteiger partial charge in [0.25, 0.3) is 0 Å². The van der Waals surface area contributed by atoms with Crippen molar-refractivity contribution in [2.75, 3.05) is 19.6 Å². The van der Waals surface area contributed by atoms with E-state index in [2.05, 4.69) is 44.8 Å². The van der Waals surface area contributed by atoms with Crippen LogP contribution in [-0.2, 0) is 0 Å². The second-order valence-corrected chi connectivity index (χ2v) is 7.87. The van der Waals surface area contributed by atoms with E-state index in [1.54, 1.807) is 0 Å². The molecule has 2 heteroatoms. The van der Waals surface area contributed by atoms with E-state index in [9.17, 15) is 0 Å². The first-order valence-corrected chi connectivity index (χ1v) is 7.83. The van der Waals surface area contributed by atoms with Gasteiger partial charge in [-0.25, -0.2) is 0 Å². The van der Waals surface area contributed by atoms with Crippen molar-refractivity contribution in [1.82, 2.24) is 10.2 Å². The molecule has 2 nitrogen and oxygen atoms in total. The molecular weight excluding hydrogens is 220 g/mol. The minimum absolute atomic E-state index is 0.428. The van der Waals surface area contributed by atoms with E-state index in [0.717, 1.165) is 5.92 Å². The third-order valence-electron chi connectivity index (χ3n) is 4.99. The van der Waals surface area contributed by atoms with E-state index in [1.165, 1.54) is 45.3 Å². The Morgan fingerprint density at radius 1 is 1.28 bits per heavy atom. The van der Waals surface area contributed by atoms with Crippen LogP contribution in [0.2, 0.25) is 0 Å². The molecule has 0 bridgehead atoms. The Balaban J connectivity index is 2.00. The quantitative estimate of drug-likeness (QED) is 0.826. The monoisotopic (exact) mass is 252 g/mol. The highest BCUT2D eigenvalue weighted by atomic mass is 15.3. The average Bonchev–Trinajstić information content (AvgIpc) is 3.11. The van der Waals surface area contributed by atoms with E-state index in [-0.39, 0.29) is 0 Å². The highest BCUT2D eigenvalue weighted by molar-refractivity contribution is 5.04. The summed E-state index contributed by atoms with van der Waals surface area (Å²) in [6.07, 6.45) is 5.46. The molecule has 0 aromatic carbocycles. The van der Waals surface area contributed by atoms with Crippen LogP contribution in [0, 0.1) is 11.3 Å². The SMILES string of the molecule is CCC1CN(CCC(C)(C)C)C(C)(C2CC2)CN1. The van der Waals surface area contributed by atoms with Crippen molar-refractivity contribution in [1.29, 1.82) is 0 Å². The Hall–Kier alpha value is -0.0800. The number of nitrogens with one attached hydrogen (secondary N) is 1. The van der Waals surface area contributed by atoms with Crippen LogP contribution in [0.4, 0.5) is 0 Å². The molecule has 0 amide bonds. The molecule has 2 aliphatic rings. The van der Waals surface area contributed by atoms with Crippen molar-refractivity contribution < 1.29 is 0 Å². The van der Waals surface area contributed by atoms with Gasteiger partial charge in [-0.3, -0.25) is 4.90 Å². The molecule has 0 spiro atoms. The van der Waals surface area contributed by atoms with E-state index in [1.807, 2.05) is 0 Å². The summed E-state index contributed by atoms with van der Waals surface area (Å²) in [5.41, 5.74) is 0.883. The highest BCUT2D eigenvalue weighted by Crippen LogP contribution is 2.44. The van der Waals surface area contributed by atoms with Crippen molar-refractivity contribution in [2.45, 2.75) is 71.9 Å². The lowest BCUT2D eigenvalue weighted by Gasteiger charge is -2.49. The van der Waals surface area contributed by atoms with Gasteiger partial charge in [-0.2, -0.15) is 0 Å². The Bertz CT molecular complexity index is 277. The third-order valence-corrected chi connectivity index (χ3v) is 4.99. The van der Waals surface area contributed by atoms with Crippen LogP contribution in [0.5, 0.6) is 0 Å². The van der Waals surface area contributed by atoms with Gasteiger partial charge in [-0.15, -0.1) is 0 Å². The molecule has 0 aromatic rings. The predicted octanol–water partition coefficient (Wildman–Crippen LogP) is 3.28. The lowest BCUT2D eigenvalue weighted by atomic mass is 9.86. The zero-order chi connectivity index (χ0) is 13.4. The average molecular weight is 252 g/mol. The highest BCUT2D eigenvalue weighted by Gasteiger charge is 2.47.